The molecule has 0 bridgehead atoms. The van der Waals surface area contributed by atoms with Gasteiger partial charge in [-0.1, -0.05) is 12.1 Å². The number of carbonyl (C=O) groups excluding carboxylic acids is 1. The smallest absolute Gasteiger partial charge is 0.348 e. The van der Waals surface area contributed by atoms with Gasteiger partial charge >= 0.3 is 5.97 Å². The first kappa shape index (κ1) is 15.6. The number of nitrogens with zero attached hydrogens (tertiary/aromatic N) is 2. The summed E-state index contributed by atoms with van der Waals surface area (Å²) in [7, 11) is 3.60. The monoisotopic (exact) mass is 328 g/mol. The zero-order valence-electron chi connectivity index (χ0n) is 13.3. The van der Waals surface area contributed by atoms with Crippen LogP contribution in [0.25, 0.3) is 10.2 Å². The molecule has 2 heterocycles. The quantitative estimate of drug-likeness (QED) is 0.527. The highest BCUT2D eigenvalue weighted by molar-refractivity contribution is 7.20. The summed E-state index contributed by atoms with van der Waals surface area (Å²) in [5.41, 5.74) is 2.04. The van der Waals surface area contributed by atoms with E-state index in [2.05, 4.69) is 5.10 Å². The number of ether oxygens (including phenoxy) is 2. The third-order valence-corrected chi connectivity index (χ3v) is 4.70. The number of aromatic nitrogens is 2. The van der Waals surface area contributed by atoms with E-state index in [0.29, 0.717) is 18.0 Å². The molecule has 0 spiro atoms. The van der Waals surface area contributed by atoms with Crippen molar-refractivity contribution < 1.29 is 14.3 Å². The second-order valence-electron chi connectivity index (χ2n) is 5.14. The second-order valence-corrected chi connectivity index (χ2v) is 6.17. The van der Waals surface area contributed by atoms with Crippen molar-refractivity contribution in [2.75, 3.05) is 13.7 Å². The fourth-order valence-corrected chi connectivity index (χ4v) is 3.48. The van der Waals surface area contributed by atoms with Crippen LogP contribution in [-0.2, 0) is 11.3 Å². The zero-order chi connectivity index (χ0) is 16.4. The van der Waals surface area contributed by atoms with Gasteiger partial charge in [0, 0.05) is 11.0 Å². The van der Waals surface area contributed by atoms with Crippen LogP contribution in [0, 0.1) is 0 Å². The maximum atomic E-state index is 11.9. The van der Waals surface area contributed by atoms with Crippen LogP contribution in [0.1, 0.15) is 22.2 Å². The number of fused-ring (bicyclic) bond motifs is 1. The van der Waals surface area contributed by atoms with Gasteiger partial charge < -0.3 is 9.47 Å². The lowest BCUT2D eigenvalue weighted by Crippen LogP contribution is -2.10. The fourth-order valence-electron chi connectivity index (χ4n) is 2.43. The number of rotatable bonds is 5. The standard InChI is InChI=1S/C16H17BN2O3S/c1-3-22-16(20)13-8-12-14(17)18-19(15(12)23-13)9-10-4-6-11(21-2)7-5-10/h4-8H,3,9,17H2,1-2H3. The minimum atomic E-state index is -0.274. The molecule has 3 rings (SSSR count). The predicted octanol–water partition coefficient (Wildman–Crippen LogP) is 1.59. The lowest BCUT2D eigenvalue weighted by Gasteiger charge is -2.04. The van der Waals surface area contributed by atoms with Crippen LogP contribution >= 0.6 is 11.3 Å². The molecule has 23 heavy (non-hydrogen) atoms. The van der Waals surface area contributed by atoms with Crippen molar-refractivity contribution in [2.45, 2.75) is 13.5 Å². The highest BCUT2D eigenvalue weighted by Gasteiger charge is 2.17. The van der Waals surface area contributed by atoms with Gasteiger partial charge in [-0.15, -0.1) is 11.3 Å². The Morgan fingerprint density at radius 3 is 2.74 bits per heavy atom. The van der Waals surface area contributed by atoms with E-state index in [-0.39, 0.29) is 5.97 Å². The van der Waals surface area contributed by atoms with E-state index in [1.165, 1.54) is 11.3 Å². The van der Waals surface area contributed by atoms with Gasteiger partial charge in [0.25, 0.3) is 0 Å². The van der Waals surface area contributed by atoms with Gasteiger partial charge in [-0.05, 0) is 30.7 Å². The molecule has 7 heteroatoms. The molecular weight excluding hydrogens is 311 g/mol. The van der Waals surface area contributed by atoms with Gasteiger partial charge in [-0.25, -0.2) is 4.79 Å². The minimum absolute atomic E-state index is 0.274. The lowest BCUT2D eigenvalue weighted by atomic mass is 10.0. The van der Waals surface area contributed by atoms with Gasteiger partial charge in [0.1, 0.15) is 15.5 Å². The highest BCUT2D eigenvalue weighted by atomic mass is 32.1. The molecule has 0 aliphatic carbocycles. The molecule has 118 valence electrons. The summed E-state index contributed by atoms with van der Waals surface area (Å²) in [6.45, 7) is 2.84. The zero-order valence-corrected chi connectivity index (χ0v) is 14.1. The first-order valence-electron chi connectivity index (χ1n) is 7.39. The number of hydrogen-bond donors (Lipinski definition) is 0. The van der Waals surface area contributed by atoms with Crippen LogP contribution in [0.3, 0.4) is 0 Å². The second kappa shape index (κ2) is 6.46. The summed E-state index contributed by atoms with van der Waals surface area (Å²) in [6, 6.07) is 9.76. The van der Waals surface area contributed by atoms with Gasteiger partial charge in [0.2, 0.25) is 0 Å². The van der Waals surface area contributed by atoms with Crippen molar-refractivity contribution in [1.29, 1.82) is 0 Å². The normalized spacial score (nSPS) is 10.9. The van der Waals surface area contributed by atoms with Gasteiger partial charge in [-0.2, -0.15) is 5.10 Å². The Morgan fingerprint density at radius 2 is 2.09 bits per heavy atom. The van der Waals surface area contributed by atoms with Crippen LogP contribution < -0.4 is 10.3 Å². The van der Waals surface area contributed by atoms with Crippen LogP contribution in [-0.4, -0.2) is 37.3 Å². The topological polar surface area (TPSA) is 53.4 Å². The Morgan fingerprint density at radius 1 is 1.35 bits per heavy atom. The van der Waals surface area contributed by atoms with E-state index in [0.717, 1.165) is 27.1 Å². The SMILES string of the molecule is Bc1nn(Cc2ccc(OC)cc2)c2sc(C(=O)OCC)cc12. The van der Waals surface area contributed by atoms with E-state index in [9.17, 15) is 4.79 Å². The summed E-state index contributed by atoms with van der Waals surface area (Å²) < 4.78 is 12.2. The number of hydrogen-bond acceptors (Lipinski definition) is 5. The largest absolute Gasteiger partial charge is 0.497 e. The van der Waals surface area contributed by atoms with Crippen molar-refractivity contribution in [3.8, 4) is 5.75 Å². The molecule has 0 fully saturated rings. The van der Waals surface area contributed by atoms with E-state index in [1.807, 2.05) is 49.8 Å². The number of benzene rings is 1. The third kappa shape index (κ3) is 3.10. The Hall–Kier alpha value is -2.28. The van der Waals surface area contributed by atoms with E-state index in [4.69, 9.17) is 9.47 Å². The maximum absolute atomic E-state index is 11.9. The number of methoxy groups -OCH3 is 1. The lowest BCUT2D eigenvalue weighted by molar-refractivity contribution is 0.0532. The molecule has 0 N–H and O–H groups in total. The molecule has 0 saturated carbocycles. The molecule has 0 radical (unpaired) electrons. The van der Waals surface area contributed by atoms with Crippen LogP contribution in [0.5, 0.6) is 5.75 Å². The molecule has 0 aliphatic rings. The molecule has 0 atom stereocenters. The van der Waals surface area contributed by atoms with Crippen molar-refractivity contribution in [2.24, 2.45) is 0 Å². The predicted molar refractivity (Wildman–Crippen MR) is 93.8 cm³/mol. The molecule has 3 aromatic rings. The average Bonchev–Trinajstić information content (AvgIpc) is 3.10. The van der Waals surface area contributed by atoms with Crippen LogP contribution in [0.2, 0.25) is 0 Å². The van der Waals surface area contributed by atoms with Gasteiger partial charge in [-0.3, -0.25) is 4.68 Å². The third-order valence-electron chi connectivity index (χ3n) is 3.58. The molecular formula is C16H17BN2O3S. The van der Waals surface area contributed by atoms with Crippen LogP contribution in [0.15, 0.2) is 30.3 Å². The molecule has 5 nitrogen and oxygen atoms in total. The maximum Gasteiger partial charge on any atom is 0.348 e. The van der Waals surface area contributed by atoms with E-state index in [1.54, 1.807) is 7.11 Å². The van der Waals surface area contributed by atoms with Crippen molar-refractivity contribution in [3.05, 3.63) is 40.8 Å². The number of esters is 1. The highest BCUT2D eigenvalue weighted by Crippen LogP contribution is 2.25. The Balaban J connectivity index is 1.92. The summed E-state index contributed by atoms with van der Waals surface area (Å²) in [4.78, 5) is 13.5. The molecule has 1 aromatic carbocycles. The van der Waals surface area contributed by atoms with Crippen molar-refractivity contribution in [3.63, 3.8) is 0 Å². The molecule has 0 aliphatic heterocycles. The number of carbonyl (C=O) groups is 1. The minimum Gasteiger partial charge on any atom is -0.497 e. The summed E-state index contributed by atoms with van der Waals surface area (Å²) >= 11 is 1.42. The van der Waals surface area contributed by atoms with E-state index < -0.39 is 0 Å². The first-order chi connectivity index (χ1) is 11.1. The van der Waals surface area contributed by atoms with Crippen molar-refractivity contribution >= 4 is 41.0 Å². The Bertz CT molecular complexity index is 839. The van der Waals surface area contributed by atoms with Gasteiger partial charge in [0.15, 0.2) is 7.85 Å². The Labute approximate surface area is 139 Å². The van der Waals surface area contributed by atoms with Crippen molar-refractivity contribution in [1.82, 2.24) is 9.78 Å². The number of thiophene rings is 1. The van der Waals surface area contributed by atoms with E-state index >= 15 is 0 Å². The summed E-state index contributed by atoms with van der Waals surface area (Å²) in [5.74, 6) is 0.556. The molecule has 0 amide bonds. The molecule has 2 aromatic heterocycles. The van der Waals surface area contributed by atoms with Gasteiger partial charge in [0.05, 0.1) is 20.3 Å². The fraction of sp³-hybridized carbons (Fsp3) is 0.250. The molecule has 0 unspecified atom stereocenters. The summed E-state index contributed by atoms with van der Waals surface area (Å²) in [6.07, 6.45) is 0. The summed E-state index contributed by atoms with van der Waals surface area (Å²) in [5, 5.41) is 5.58. The average molecular weight is 328 g/mol. The molecule has 0 saturated heterocycles. The first-order valence-corrected chi connectivity index (χ1v) is 8.21. The van der Waals surface area contributed by atoms with Crippen LogP contribution in [0.4, 0.5) is 0 Å². The Kier molecular flexibility index (Phi) is 4.38.